The van der Waals surface area contributed by atoms with E-state index in [-0.39, 0.29) is 11.7 Å². The van der Waals surface area contributed by atoms with E-state index >= 15 is 0 Å². The maximum atomic E-state index is 11.3. The van der Waals surface area contributed by atoms with E-state index < -0.39 is 0 Å². The van der Waals surface area contributed by atoms with Crippen LogP contribution in [0.5, 0.6) is 5.75 Å². The molecule has 1 heterocycles. The zero-order chi connectivity index (χ0) is 10.1. The highest BCUT2D eigenvalue weighted by Gasteiger charge is 2.09. The highest BCUT2D eigenvalue weighted by atomic mass is 32.1. The summed E-state index contributed by atoms with van der Waals surface area (Å²) in [5.74, 6) is 0.0968. The van der Waals surface area contributed by atoms with E-state index in [4.69, 9.17) is 0 Å². The number of thiophene rings is 1. The second-order valence-electron chi connectivity index (χ2n) is 2.88. The van der Waals surface area contributed by atoms with E-state index in [0.29, 0.717) is 4.88 Å². The van der Waals surface area contributed by atoms with E-state index in [0.717, 1.165) is 10.1 Å². The van der Waals surface area contributed by atoms with Crippen LogP contribution in [-0.4, -0.2) is 18.1 Å². The predicted octanol–water partition coefficient (Wildman–Crippen LogP) is 1.97. The van der Waals surface area contributed by atoms with Gasteiger partial charge in [-0.1, -0.05) is 6.07 Å². The standard InChI is InChI=1S/C10H9NO2S/c1-11-10(13)9-5-6-7(12)3-2-4-8(6)14-9/h2-5,12H,1H3,(H,11,13). The summed E-state index contributed by atoms with van der Waals surface area (Å²) in [6.07, 6.45) is 0. The van der Waals surface area contributed by atoms with Crippen molar-refractivity contribution >= 4 is 27.3 Å². The third kappa shape index (κ3) is 1.33. The van der Waals surface area contributed by atoms with E-state index in [1.165, 1.54) is 11.3 Å². The van der Waals surface area contributed by atoms with Crippen molar-refractivity contribution in [2.24, 2.45) is 0 Å². The van der Waals surface area contributed by atoms with Gasteiger partial charge in [-0.15, -0.1) is 11.3 Å². The molecule has 3 nitrogen and oxygen atoms in total. The fourth-order valence-electron chi connectivity index (χ4n) is 1.28. The van der Waals surface area contributed by atoms with Gasteiger partial charge in [0.25, 0.3) is 5.91 Å². The Morgan fingerprint density at radius 2 is 2.29 bits per heavy atom. The van der Waals surface area contributed by atoms with Crippen molar-refractivity contribution in [2.45, 2.75) is 0 Å². The Morgan fingerprint density at radius 3 is 2.93 bits per heavy atom. The second-order valence-corrected chi connectivity index (χ2v) is 3.96. The summed E-state index contributed by atoms with van der Waals surface area (Å²) in [6, 6.07) is 6.96. The van der Waals surface area contributed by atoms with Crippen molar-refractivity contribution in [3.05, 3.63) is 29.1 Å². The predicted molar refractivity (Wildman–Crippen MR) is 56.9 cm³/mol. The van der Waals surface area contributed by atoms with Gasteiger partial charge < -0.3 is 10.4 Å². The monoisotopic (exact) mass is 207 g/mol. The average Bonchev–Trinajstić information content (AvgIpc) is 2.62. The first kappa shape index (κ1) is 9.02. The van der Waals surface area contributed by atoms with Crippen molar-refractivity contribution in [1.82, 2.24) is 5.32 Å². The zero-order valence-electron chi connectivity index (χ0n) is 7.57. The molecule has 0 saturated heterocycles. The van der Waals surface area contributed by atoms with Crippen LogP contribution in [0, 0.1) is 0 Å². The highest BCUT2D eigenvalue weighted by molar-refractivity contribution is 7.20. The Morgan fingerprint density at radius 1 is 1.50 bits per heavy atom. The number of rotatable bonds is 1. The highest BCUT2D eigenvalue weighted by Crippen LogP contribution is 2.31. The molecule has 2 N–H and O–H groups in total. The van der Waals surface area contributed by atoms with Crippen LogP contribution >= 0.6 is 11.3 Å². The van der Waals surface area contributed by atoms with Gasteiger partial charge in [-0.25, -0.2) is 0 Å². The first-order valence-corrected chi connectivity index (χ1v) is 4.97. The second kappa shape index (κ2) is 3.31. The molecule has 0 saturated carbocycles. The minimum atomic E-state index is -0.120. The van der Waals surface area contributed by atoms with Gasteiger partial charge in [0, 0.05) is 17.1 Å². The maximum Gasteiger partial charge on any atom is 0.261 e. The van der Waals surface area contributed by atoms with Crippen LogP contribution in [0.25, 0.3) is 10.1 Å². The van der Waals surface area contributed by atoms with Crippen LogP contribution in [0.3, 0.4) is 0 Å². The van der Waals surface area contributed by atoms with Crippen LogP contribution in [-0.2, 0) is 0 Å². The fourth-order valence-corrected chi connectivity index (χ4v) is 2.31. The summed E-state index contributed by atoms with van der Waals surface area (Å²) >= 11 is 1.37. The van der Waals surface area contributed by atoms with Crippen molar-refractivity contribution in [1.29, 1.82) is 0 Å². The van der Waals surface area contributed by atoms with Crippen molar-refractivity contribution in [3.8, 4) is 5.75 Å². The van der Waals surface area contributed by atoms with Gasteiger partial charge in [-0.2, -0.15) is 0 Å². The summed E-state index contributed by atoms with van der Waals surface area (Å²) in [6.45, 7) is 0. The molecular formula is C10H9NO2S. The Bertz CT molecular complexity index is 490. The molecule has 1 amide bonds. The van der Waals surface area contributed by atoms with Gasteiger partial charge in [-0.05, 0) is 18.2 Å². The lowest BCUT2D eigenvalue weighted by molar-refractivity contribution is 0.0967. The summed E-state index contributed by atoms with van der Waals surface area (Å²) < 4.78 is 0.920. The number of aromatic hydroxyl groups is 1. The molecule has 14 heavy (non-hydrogen) atoms. The largest absolute Gasteiger partial charge is 0.507 e. The lowest BCUT2D eigenvalue weighted by atomic mass is 10.2. The molecule has 2 aromatic rings. The molecular weight excluding hydrogens is 198 g/mol. The summed E-state index contributed by atoms with van der Waals surface area (Å²) in [5.41, 5.74) is 0. The summed E-state index contributed by atoms with van der Waals surface area (Å²) in [7, 11) is 1.59. The molecule has 0 spiro atoms. The number of hydrogen-bond acceptors (Lipinski definition) is 3. The number of carbonyl (C=O) groups excluding carboxylic acids is 1. The van der Waals surface area contributed by atoms with Gasteiger partial charge >= 0.3 is 0 Å². The van der Waals surface area contributed by atoms with Crippen molar-refractivity contribution in [3.63, 3.8) is 0 Å². The van der Waals surface area contributed by atoms with E-state index in [2.05, 4.69) is 5.32 Å². The van der Waals surface area contributed by atoms with Gasteiger partial charge in [0.15, 0.2) is 0 Å². The van der Waals surface area contributed by atoms with Crippen LogP contribution in [0.1, 0.15) is 9.67 Å². The topological polar surface area (TPSA) is 49.3 Å². The molecule has 0 aliphatic carbocycles. The zero-order valence-corrected chi connectivity index (χ0v) is 8.39. The first-order valence-electron chi connectivity index (χ1n) is 4.16. The van der Waals surface area contributed by atoms with Crippen molar-refractivity contribution < 1.29 is 9.90 Å². The third-order valence-corrected chi connectivity index (χ3v) is 3.09. The van der Waals surface area contributed by atoms with Gasteiger partial charge in [0.05, 0.1) is 4.88 Å². The number of phenolic OH excluding ortho intramolecular Hbond substituents is 1. The number of nitrogens with one attached hydrogen (secondary N) is 1. The quantitative estimate of drug-likeness (QED) is 0.751. The minimum absolute atomic E-state index is 0.120. The number of fused-ring (bicyclic) bond motifs is 1. The minimum Gasteiger partial charge on any atom is -0.507 e. The molecule has 0 aliphatic rings. The molecule has 2 rings (SSSR count). The molecule has 72 valence electrons. The van der Waals surface area contributed by atoms with E-state index in [9.17, 15) is 9.90 Å². The molecule has 0 fully saturated rings. The summed E-state index contributed by atoms with van der Waals surface area (Å²) in [5, 5.41) is 12.8. The molecule has 1 aromatic carbocycles. The average molecular weight is 207 g/mol. The van der Waals surface area contributed by atoms with Gasteiger partial charge in [0.2, 0.25) is 0 Å². The maximum absolute atomic E-state index is 11.3. The smallest absolute Gasteiger partial charge is 0.261 e. The summed E-state index contributed by atoms with van der Waals surface area (Å²) in [4.78, 5) is 11.9. The Kier molecular flexibility index (Phi) is 2.13. The molecule has 4 heteroatoms. The van der Waals surface area contributed by atoms with E-state index in [1.807, 2.05) is 6.07 Å². The van der Waals surface area contributed by atoms with Gasteiger partial charge in [0.1, 0.15) is 5.75 Å². The number of carbonyl (C=O) groups is 1. The van der Waals surface area contributed by atoms with Gasteiger partial charge in [-0.3, -0.25) is 4.79 Å². The fraction of sp³-hybridized carbons (Fsp3) is 0.100. The van der Waals surface area contributed by atoms with E-state index in [1.54, 1.807) is 25.2 Å². The number of hydrogen-bond donors (Lipinski definition) is 2. The SMILES string of the molecule is CNC(=O)c1cc2c(O)cccc2s1. The molecule has 1 aromatic heterocycles. The normalized spacial score (nSPS) is 10.4. The van der Waals surface area contributed by atoms with Crippen LogP contribution < -0.4 is 5.32 Å². The first-order chi connectivity index (χ1) is 6.72. The number of amides is 1. The van der Waals surface area contributed by atoms with Crippen molar-refractivity contribution in [2.75, 3.05) is 7.05 Å². The number of benzene rings is 1. The molecule has 0 atom stereocenters. The third-order valence-electron chi connectivity index (χ3n) is 1.99. The van der Waals surface area contributed by atoms with Crippen LogP contribution in [0.4, 0.5) is 0 Å². The lowest BCUT2D eigenvalue weighted by Crippen LogP contribution is -2.15. The molecule has 0 bridgehead atoms. The Balaban J connectivity index is 2.62. The molecule has 0 unspecified atom stereocenters. The molecule has 0 aliphatic heterocycles. The Labute approximate surface area is 85.0 Å². The number of phenols is 1. The molecule has 0 radical (unpaired) electrons. The Hall–Kier alpha value is -1.55. The van der Waals surface area contributed by atoms with Crippen LogP contribution in [0.2, 0.25) is 0 Å². The lowest BCUT2D eigenvalue weighted by Gasteiger charge is -1.91. The van der Waals surface area contributed by atoms with Crippen LogP contribution in [0.15, 0.2) is 24.3 Å².